The van der Waals surface area contributed by atoms with Crippen LogP contribution in [0.3, 0.4) is 0 Å². The molecule has 2 aromatic heterocycles. The molecule has 0 fully saturated rings. The number of hydrogen-bond donors (Lipinski definition) is 1. The van der Waals surface area contributed by atoms with Gasteiger partial charge in [-0.1, -0.05) is 24.3 Å². The van der Waals surface area contributed by atoms with E-state index in [1.807, 2.05) is 49.4 Å². The maximum atomic E-state index is 10.3. The van der Waals surface area contributed by atoms with E-state index < -0.39 is 6.10 Å². The minimum absolute atomic E-state index is 0.526. The molecule has 2 heterocycles. The van der Waals surface area contributed by atoms with Gasteiger partial charge in [0.05, 0.1) is 5.69 Å². The zero-order valence-electron chi connectivity index (χ0n) is 10.00. The second-order valence-electron chi connectivity index (χ2n) is 4.29. The smallest absolute Gasteiger partial charge is 0.154 e. The van der Waals surface area contributed by atoms with Crippen LogP contribution in [-0.2, 0) is 0 Å². The maximum Gasteiger partial charge on any atom is 0.154 e. The minimum Gasteiger partial charge on any atom is -0.458 e. The first-order chi connectivity index (χ1) is 8.75. The number of benzene rings is 1. The Morgan fingerprint density at radius 2 is 2.00 bits per heavy atom. The number of pyridine rings is 1. The number of nitrogens with zero attached hydrogens (tertiary/aromatic N) is 1. The Morgan fingerprint density at radius 1 is 1.17 bits per heavy atom. The molecule has 0 saturated carbocycles. The maximum absolute atomic E-state index is 10.3. The third kappa shape index (κ3) is 1.79. The molecule has 3 heteroatoms. The summed E-state index contributed by atoms with van der Waals surface area (Å²) in [5.41, 5.74) is 2.36. The summed E-state index contributed by atoms with van der Waals surface area (Å²) in [7, 11) is 0. The molecule has 3 rings (SSSR count). The summed E-state index contributed by atoms with van der Waals surface area (Å²) in [6.45, 7) is 1.92. The number of aryl methyl sites for hydroxylation is 1. The molecule has 1 aromatic carbocycles. The SMILES string of the molecule is Cc1cccnc1C(O)c1cc2ccccc2o1. The van der Waals surface area contributed by atoms with Crippen LogP contribution in [0.25, 0.3) is 11.0 Å². The van der Waals surface area contributed by atoms with Crippen molar-refractivity contribution < 1.29 is 9.52 Å². The van der Waals surface area contributed by atoms with Gasteiger partial charge < -0.3 is 9.52 Å². The molecule has 90 valence electrons. The Hall–Kier alpha value is -2.13. The van der Waals surface area contributed by atoms with E-state index in [0.717, 1.165) is 16.5 Å². The normalized spacial score (nSPS) is 12.8. The summed E-state index contributed by atoms with van der Waals surface area (Å²) >= 11 is 0. The average Bonchev–Trinajstić information content (AvgIpc) is 2.82. The van der Waals surface area contributed by atoms with E-state index in [1.54, 1.807) is 6.20 Å². The lowest BCUT2D eigenvalue weighted by molar-refractivity contribution is 0.187. The van der Waals surface area contributed by atoms with Gasteiger partial charge in [-0.25, -0.2) is 0 Å². The molecule has 0 bridgehead atoms. The van der Waals surface area contributed by atoms with Crippen molar-refractivity contribution >= 4 is 11.0 Å². The van der Waals surface area contributed by atoms with E-state index in [4.69, 9.17) is 4.42 Å². The lowest BCUT2D eigenvalue weighted by atomic mass is 10.1. The number of aliphatic hydroxyl groups excluding tert-OH is 1. The zero-order valence-corrected chi connectivity index (χ0v) is 10.00. The van der Waals surface area contributed by atoms with E-state index >= 15 is 0 Å². The predicted molar refractivity (Wildman–Crippen MR) is 69.2 cm³/mol. The number of aromatic nitrogens is 1. The highest BCUT2D eigenvalue weighted by molar-refractivity contribution is 5.77. The number of fused-ring (bicyclic) bond motifs is 1. The van der Waals surface area contributed by atoms with Crippen molar-refractivity contribution in [1.82, 2.24) is 4.98 Å². The molecule has 0 aliphatic rings. The van der Waals surface area contributed by atoms with Crippen molar-refractivity contribution in [3.63, 3.8) is 0 Å². The molecule has 3 nitrogen and oxygen atoms in total. The third-order valence-corrected chi connectivity index (χ3v) is 3.02. The van der Waals surface area contributed by atoms with Crippen molar-refractivity contribution in [2.24, 2.45) is 0 Å². The van der Waals surface area contributed by atoms with Gasteiger partial charge in [0, 0.05) is 11.6 Å². The van der Waals surface area contributed by atoms with Gasteiger partial charge in [0.25, 0.3) is 0 Å². The number of hydrogen-bond acceptors (Lipinski definition) is 3. The summed E-state index contributed by atoms with van der Waals surface area (Å²) in [5, 5.41) is 11.3. The monoisotopic (exact) mass is 239 g/mol. The van der Waals surface area contributed by atoms with Crippen LogP contribution in [0.5, 0.6) is 0 Å². The molecular formula is C15H13NO2. The van der Waals surface area contributed by atoms with Crippen LogP contribution < -0.4 is 0 Å². The highest BCUT2D eigenvalue weighted by Gasteiger charge is 2.18. The fourth-order valence-electron chi connectivity index (χ4n) is 2.06. The number of aliphatic hydroxyl groups is 1. The molecule has 1 unspecified atom stereocenters. The summed E-state index contributed by atoms with van der Waals surface area (Å²) < 4.78 is 5.65. The molecule has 1 atom stereocenters. The van der Waals surface area contributed by atoms with Crippen molar-refractivity contribution in [1.29, 1.82) is 0 Å². The topological polar surface area (TPSA) is 46.3 Å². The van der Waals surface area contributed by atoms with Gasteiger partial charge in [-0.15, -0.1) is 0 Å². The predicted octanol–water partition coefficient (Wildman–Crippen LogP) is 3.22. The first-order valence-corrected chi connectivity index (χ1v) is 5.84. The molecule has 0 spiro atoms. The fourth-order valence-corrected chi connectivity index (χ4v) is 2.06. The Morgan fingerprint density at radius 3 is 2.78 bits per heavy atom. The minimum atomic E-state index is -0.821. The van der Waals surface area contributed by atoms with E-state index in [2.05, 4.69) is 4.98 Å². The van der Waals surface area contributed by atoms with Gasteiger partial charge in [-0.2, -0.15) is 0 Å². The standard InChI is InChI=1S/C15H13NO2/c1-10-5-4-8-16-14(10)15(17)13-9-11-6-2-3-7-12(11)18-13/h2-9,15,17H,1H3. The summed E-state index contributed by atoms with van der Waals surface area (Å²) in [5.74, 6) is 0.526. The summed E-state index contributed by atoms with van der Waals surface area (Å²) in [6, 6.07) is 13.3. The van der Waals surface area contributed by atoms with Gasteiger partial charge in [-0.3, -0.25) is 4.98 Å². The van der Waals surface area contributed by atoms with E-state index in [9.17, 15) is 5.11 Å². The lowest BCUT2D eigenvalue weighted by Gasteiger charge is -2.09. The van der Waals surface area contributed by atoms with E-state index in [1.165, 1.54) is 0 Å². The lowest BCUT2D eigenvalue weighted by Crippen LogP contribution is -2.03. The average molecular weight is 239 g/mol. The largest absolute Gasteiger partial charge is 0.458 e. The third-order valence-electron chi connectivity index (χ3n) is 3.02. The number of rotatable bonds is 2. The highest BCUT2D eigenvalue weighted by Crippen LogP contribution is 2.28. The summed E-state index contributed by atoms with van der Waals surface area (Å²) in [6.07, 6.45) is 0.854. The molecule has 3 aromatic rings. The van der Waals surface area contributed by atoms with Gasteiger partial charge >= 0.3 is 0 Å². The molecule has 18 heavy (non-hydrogen) atoms. The number of para-hydroxylation sites is 1. The fraction of sp³-hybridized carbons (Fsp3) is 0.133. The Bertz CT molecular complexity index is 655. The van der Waals surface area contributed by atoms with E-state index in [0.29, 0.717) is 11.5 Å². The van der Waals surface area contributed by atoms with Crippen molar-refractivity contribution in [2.45, 2.75) is 13.0 Å². The van der Waals surface area contributed by atoms with Crippen LogP contribution >= 0.6 is 0 Å². The number of furan rings is 1. The van der Waals surface area contributed by atoms with Crippen LogP contribution in [0.2, 0.25) is 0 Å². The van der Waals surface area contributed by atoms with Crippen molar-refractivity contribution in [2.75, 3.05) is 0 Å². The second kappa shape index (κ2) is 4.27. The zero-order chi connectivity index (χ0) is 12.5. The molecule has 0 aliphatic carbocycles. The summed E-state index contributed by atoms with van der Waals surface area (Å²) in [4.78, 5) is 4.21. The highest BCUT2D eigenvalue weighted by atomic mass is 16.4. The Kier molecular flexibility index (Phi) is 2.61. The first-order valence-electron chi connectivity index (χ1n) is 5.84. The molecular weight excluding hydrogens is 226 g/mol. The molecule has 1 N–H and O–H groups in total. The van der Waals surface area contributed by atoms with Gasteiger partial charge in [-0.05, 0) is 30.7 Å². The van der Waals surface area contributed by atoms with Crippen LogP contribution in [-0.4, -0.2) is 10.1 Å². The molecule has 0 saturated heterocycles. The quantitative estimate of drug-likeness (QED) is 0.746. The van der Waals surface area contributed by atoms with Crippen LogP contribution in [0, 0.1) is 6.92 Å². The van der Waals surface area contributed by atoms with E-state index in [-0.39, 0.29) is 0 Å². The molecule has 0 radical (unpaired) electrons. The van der Waals surface area contributed by atoms with Crippen LogP contribution in [0.15, 0.2) is 53.1 Å². The van der Waals surface area contributed by atoms with Gasteiger partial charge in [0.2, 0.25) is 0 Å². The second-order valence-corrected chi connectivity index (χ2v) is 4.29. The Balaban J connectivity index is 2.07. The first kappa shape index (κ1) is 11.0. The molecule has 0 aliphatic heterocycles. The van der Waals surface area contributed by atoms with Crippen LogP contribution in [0.4, 0.5) is 0 Å². The van der Waals surface area contributed by atoms with Gasteiger partial charge in [0.1, 0.15) is 11.3 Å². The van der Waals surface area contributed by atoms with Crippen molar-refractivity contribution in [3.8, 4) is 0 Å². The van der Waals surface area contributed by atoms with Gasteiger partial charge in [0.15, 0.2) is 6.10 Å². The van der Waals surface area contributed by atoms with Crippen LogP contribution in [0.1, 0.15) is 23.1 Å². The molecule has 0 amide bonds. The Labute approximate surface area is 105 Å². The van der Waals surface area contributed by atoms with Crippen molar-refractivity contribution in [3.05, 3.63) is 65.7 Å².